The van der Waals surface area contributed by atoms with Gasteiger partial charge in [0.1, 0.15) is 11.5 Å². The Morgan fingerprint density at radius 1 is 1.40 bits per heavy atom. The average molecular weight is 286 g/mol. The van der Waals surface area contributed by atoms with E-state index in [2.05, 4.69) is 5.32 Å². The lowest BCUT2D eigenvalue weighted by Gasteiger charge is -2.32. The zero-order chi connectivity index (χ0) is 15.6. The van der Waals surface area contributed by atoms with Crippen molar-refractivity contribution < 1.29 is 19.4 Å². The number of nitrogens with one attached hydrogen (secondary N) is 1. The van der Waals surface area contributed by atoms with Crippen LogP contribution in [0.5, 0.6) is 0 Å². The molecule has 0 aliphatic heterocycles. The van der Waals surface area contributed by atoms with Gasteiger partial charge in [-0.25, -0.2) is 0 Å². The largest absolute Gasteiger partial charge is 0.460 e. The van der Waals surface area contributed by atoms with Crippen molar-refractivity contribution in [1.29, 1.82) is 0 Å². The summed E-state index contributed by atoms with van der Waals surface area (Å²) in [6, 6.07) is 0.0680. The highest BCUT2D eigenvalue weighted by Crippen LogP contribution is 2.25. The van der Waals surface area contributed by atoms with Crippen LogP contribution in [-0.4, -0.2) is 34.4 Å². The summed E-state index contributed by atoms with van der Waals surface area (Å²) in [5, 5.41) is 12.9. The molecule has 6 heteroatoms. The van der Waals surface area contributed by atoms with Crippen LogP contribution in [0.25, 0.3) is 0 Å². The van der Waals surface area contributed by atoms with Gasteiger partial charge in [0.15, 0.2) is 0 Å². The van der Waals surface area contributed by atoms with E-state index in [-0.39, 0.29) is 6.04 Å². The lowest BCUT2D eigenvalue weighted by atomic mass is 9.90. The van der Waals surface area contributed by atoms with Crippen molar-refractivity contribution in [3.63, 3.8) is 0 Å². The quantitative estimate of drug-likeness (QED) is 0.492. The van der Waals surface area contributed by atoms with Crippen LogP contribution in [0.15, 0.2) is 0 Å². The van der Waals surface area contributed by atoms with E-state index in [0.717, 1.165) is 12.8 Å². The number of carbonyl (C=O) groups is 2. The fourth-order valence-electron chi connectivity index (χ4n) is 1.87. The van der Waals surface area contributed by atoms with Crippen LogP contribution in [0.1, 0.15) is 53.4 Å². The van der Waals surface area contributed by atoms with Gasteiger partial charge < -0.3 is 15.2 Å². The average Bonchev–Trinajstić information content (AvgIpc) is 3.06. The highest BCUT2D eigenvalue weighted by atomic mass is 16.6. The fraction of sp³-hybridized carbons (Fsp3) is 0.857. The van der Waals surface area contributed by atoms with Gasteiger partial charge in [-0.1, -0.05) is 13.3 Å². The van der Waals surface area contributed by atoms with Crippen LogP contribution >= 0.6 is 0 Å². The Morgan fingerprint density at radius 2 is 1.95 bits per heavy atom. The van der Waals surface area contributed by atoms with Crippen LogP contribution in [0, 0.1) is 5.92 Å². The fourth-order valence-corrected chi connectivity index (χ4v) is 1.87. The highest BCUT2D eigenvalue weighted by molar-refractivity contribution is 5.90. The number of nitrogens with two attached hydrogens (primary N) is 1. The number of esters is 1. The first-order chi connectivity index (χ1) is 9.08. The molecular weight excluding hydrogens is 260 g/mol. The Morgan fingerprint density at radius 3 is 2.35 bits per heavy atom. The second-order valence-corrected chi connectivity index (χ2v) is 6.45. The Kier molecular flexibility index (Phi) is 5.15. The van der Waals surface area contributed by atoms with Crippen molar-refractivity contribution >= 4 is 11.9 Å². The topological polar surface area (TPSA) is 102 Å². The number of rotatable bonds is 6. The number of ether oxygens (including phenoxy) is 1. The van der Waals surface area contributed by atoms with Crippen molar-refractivity contribution in [2.75, 3.05) is 0 Å². The third-order valence-electron chi connectivity index (χ3n) is 3.08. The number of hydrogen-bond donors (Lipinski definition) is 3. The Bertz CT molecular complexity index is 370. The van der Waals surface area contributed by atoms with E-state index in [4.69, 9.17) is 10.5 Å². The summed E-state index contributed by atoms with van der Waals surface area (Å²) >= 11 is 0. The lowest BCUT2D eigenvalue weighted by Crippen LogP contribution is -2.61. The molecule has 1 aliphatic rings. The van der Waals surface area contributed by atoms with Crippen LogP contribution in [0.4, 0.5) is 0 Å². The Hall–Kier alpha value is -1.14. The van der Waals surface area contributed by atoms with E-state index < -0.39 is 29.1 Å². The summed E-state index contributed by atoms with van der Waals surface area (Å²) < 4.78 is 5.25. The Balaban J connectivity index is 2.80. The van der Waals surface area contributed by atoms with Crippen molar-refractivity contribution in [3.05, 3.63) is 0 Å². The molecule has 2 atom stereocenters. The molecule has 20 heavy (non-hydrogen) atoms. The van der Waals surface area contributed by atoms with Crippen LogP contribution in [0.2, 0.25) is 0 Å². The van der Waals surface area contributed by atoms with E-state index >= 15 is 0 Å². The van der Waals surface area contributed by atoms with Gasteiger partial charge in [0.05, 0.1) is 0 Å². The van der Waals surface area contributed by atoms with Crippen molar-refractivity contribution in [2.45, 2.75) is 70.7 Å². The molecule has 4 N–H and O–H groups in total. The van der Waals surface area contributed by atoms with E-state index in [9.17, 15) is 14.7 Å². The number of carbonyl (C=O) groups excluding carboxylic acids is 2. The molecule has 0 aromatic rings. The summed E-state index contributed by atoms with van der Waals surface area (Å²) in [5.74, 6) is -2.41. The molecule has 1 amide bonds. The highest BCUT2D eigenvalue weighted by Gasteiger charge is 2.47. The summed E-state index contributed by atoms with van der Waals surface area (Å²) in [7, 11) is 0. The maximum Gasteiger partial charge on any atom is 0.314 e. The van der Waals surface area contributed by atoms with Crippen LogP contribution in [-0.2, 0) is 14.3 Å². The minimum atomic E-state index is -2.24. The molecule has 0 radical (unpaired) electrons. The zero-order valence-electron chi connectivity index (χ0n) is 12.7. The van der Waals surface area contributed by atoms with Crippen LogP contribution < -0.4 is 11.1 Å². The Labute approximate surface area is 120 Å². The number of aliphatic hydroxyl groups is 1. The molecule has 116 valence electrons. The maximum absolute atomic E-state index is 12.2. The van der Waals surface area contributed by atoms with Crippen LogP contribution in [0.3, 0.4) is 0 Å². The number of amides is 1. The van der Waals surface area contributed by atoms with Gasteiger partial charge in [0.25, 0.3) is 5.91 Å². The van der Waals surface area contributed by atoms with Crippen molar-refractivity contribution in [1.82, 2.24) is 5.32 Å². The third kappa shape index (κ3) is 4.76. The first-order valence-electron chi connectivity index (χ1n) is 7.13. The smallest absolute Gasteiger partial charge is 0.314 e. The van der Waals surface area contributed by atoms with Gasteiger partial charge in [-0.2, -0.15) is 0 Å². The van der Waals surface area contributed by atoms with E-state index in [1.165, 1.54) is 0 Å². The lowest BCUT2D eigenvalue weighted by molar-refractivity contribution is -0.175. The molecule has 0 aromatic carbocycles. The molecule has 1 aliphatic carbocycles. The van der Waals surface area contributed by atoms with Gasteiger partial charge in [-0.3, -0.25) is 15.3 Å². The molecule has 1 saturated carbocycles. The summed E-state index contributed by atoms with van der Waals surface area (Å²) in [5.41, 5.74) is 2.81. The second kappa shape index (κ2) is 6.10. The van der Waals surface area contributed by atoms with E-state index in [1.807, 2.05) is 6.92 Å². The zero-order valence-corrected chi connectivity index (χ0v) is 12.7. The van der Waals surface area contributed by atoms with Gasteiger partial charge in [0, 0.05) is 6.04 Å². The molecule has 0 spiro atoms. The molecule has 0 aromatic heterocycles. The predicted molar refractivity (Wildman–Crippen MR) is 74.5 cm³/mol. The molecular formula is C14H26N2O4. The second-order valence-electron chi connectivity index (χ2n) is 6.45. The molecule has 0 saturated heterocycles. The van der Waals surface area contributed by atoms with Gasteiger partial charge in [-0.15, -0.1) is 0 Å². The predicted octanol–water partition coefficient (Wildman–Crippen LogP) is 0.670. The van der Waals surface area contributed by atoms with Gasteiger partial charge in [-0.05, 0) is 40.0 Å². The van der Waals surface area contributed by atoms with E-state index in [0.29, 0.717) is 12.8 Å². The monoisotopic (exact) mass is 286 g/mol. The molecule has 0 bridgehead atoms. The maximum atomic E-state index is 12.2. The molecule has 6 nitrogen and oxygen atoms in total. The van der Waals surface area contributed by atoms with Crippen molar-refractivity contribution in [3.8, 4) is 0 Å². The minimum absolute atomic E-state index is 0.0680. The van der Waals surface area contributed by atoms with Crippen molar-refractivity contribution in [2.24, 2.45) is 11.7 Å². The normalized spacial score (nSPS) is 19.9. The SMILES string of the molecule is CCC[C@H](C(=O)OC(C)(C)C)[C@](N)(O)C(=O)NC1CC1. The standard InChI is InChI=1S/C14H26N2O4/c1-5-6-10(11(17)20-13(2,3)4)14(15,19)12(18)16-9-7-8-9/h9-10,19H,5-8,15H2,1-4H3,(H,16,18)/t10-,14+/m1/s1. The van der Waals surface area contributed by atoms with Gasteiger partial charge in [0.2, 0.25) is 5.72 Å². The molecule has 0 unspecified atom stereocenters. The van der Waals surface area contributed by atoms with E-state index in [1.54, 1.807) is 20.8 Å². The first kappa shape index (κ1) is 16.9. The summed E-state index contributed by atoms with van der Waals surface area (Å²) in [6.45, 7) is 7.04. The number of hydrogen-bond acceptors (Lipinski definition) is 5. The molecule has 1 rings (SSSR count). The summed E-state index contributed by atoms with van der Waals surface area (Å²) in [4.78, 5) is 24.2. The molecule has 0 heterocycles. The minimum Gasteiger partial charge on any atom is -0.460 e. The third-order valence-corrected chi connectivity index (χ3v) is 3.08. The molecule has 1 fully saturated rings. The first-order valence-corrected chi connectivity index (χ1v) is 7.13. The van der Waals surface area contributed by atoms with Gasteiger partial charge >= 0.3 is 5.97 Å². The summed E-state index contributed by atoms with van der Waals surface area (Å²) in [6.07, 6.45) is 2.67.